The molecule has 12 heavy (non-hydrogen) atoms. The quantitative estimate of drug-likeness (QED) is 0.650. The van der Waals surface area contributed by atoms with Gasteiger partial charge in [-0.1, -0.05) is 0 Å². The zero-order valence-electron chi connectivity index (χ0n) is 6.55. The van der Waals surface area contributed by atoms with Crippen molar-refractivity contribution in [2.75, 3.05) is 0 Å². The van der Waals surface area contributed by atoms with E-state index in [0.29, 0.717) is 0 Å². The number of aliphatic hydroxyl groups excluding tert-OH is 1. The lowest BCUT2D eigenvalue weighted by Crippen LogP contribution is -2.38. The minimum absolute atomic E-state index is 0.672. The van der Waals surface area contributed by atoms with Crippen LogP contribution in [0.25, 0.3) is 0 Å². The van der Waals surface area contributed by atoms with Gasteiger partial charge in [0.1, 0.15) is 0 Å². The van der Waals surface area contributed by atoms with Crippen molar-refractivity contribution in [3.63, 3.8) is 0 Å². The van der Waals surface area contributed by atoms with Crippen molar-refractivity contribution < 1.29 is 27.8 Å². The summed E-state index contributed by atoms with van der Waals surface area (Å²) in [5.41, 5.74) is 0. The summed E-state index contributed by atoms with van der Waals surface area (Å²) >= 11 is 0. The van der Waals surface area contributed by atoms with Crippen LogP contribution in [0.2, 0.25) is 0 Å². The Balaban J connectivity index is 4.12. The van der Waals surface area contributed by atoms with Crippen molar-refractivity contribution in [1.82, 2.24) is 0 Å². The summed E-state index contributed by atoms with van der Waals surface area (Å²) in [6.45, 7) is 2.78. The van der Waals surface area contributed by atoms with Gasteiger partial charge in [0.15, 0.2) is 0 Å². The average molecular weight is 186 g/mol. The lowest BCUT2D eigenvalue weighted by molar-refractivity contribution is -0.219. The first-order valence-electron chi connectivity index (χ1n) is 3.20. The molecule has 0 aliphatic heterocycles. The van der Waals surface area contributed by atoms with Gasteiger partial charge in [0.05, 0.1) is 6.10 Å². The first kappa shape index (κ1) is 11.2. The third-order valence-corrected chi connectivity index (χ3v) is 0.885. The molecule has 72 valence electrons. The summed E-state index contributed by atoms with van der Waals surface area (Å²) < 4.78 is 38.9. The van der Waals surface area contributed by atoms with Gasteiger partial charge in [-0.2, -0.15) is 13.2 Å². The molecule has 0 radical (unpaired) electrons. The molecule has 0 aromatic rings. The Labute approximate surface area is 67.1 Å². The Hall–Kier alpha value is -0.780. The highest BCUT2D eigenvalue weighted by Gasteiger charge is 2.45. The molecule has 0 aromatic carbocycles. The second kappa shape index (κ2) is 3.75. The third kappa shape index (κ3) is 3.56. The number of aliphatic hydroxyl groups is 1. The first-order chi connectivity index (χ1) is 5.25. The molecule has 0 saturated carbocycles. The maximum absolute atomic E-state index is 11.6. The normalized spacial score (nSPS) is 14.6. The molecule has 1 N–H and O–H groups in total. The zero-order valence-corrected chi connectivity index (χ0v) is 6.55. The van der Waals surface area contributed by atoms with Crippen LogP contribution >= 0.6 is 0 Å². The van der Waals surface area contributed by atoms with Crippen molar-refractivity contribution in [3.05, 3.63) is 0 Å². The van der Waals surface area contributed by atoms with Crippen LogP contribution in [0.3, 0.4) is 0 Å². The minimum Gasteiger partial charge on any atom is -0.461 e. The molecule has 0 heterocycles. The molecular formula is C6H9F3O3. The molecule has 0 fully saturated rings. The summed E-state index contributed by atoms with van der Waals surface area (Å²) in [5.74, 6) is -1.67. The predicted octanol–water partition coefficient (Wildman–Crippen LogP) is 0.861. The average Bonchev–Trinajstić information content (AvgIpc) is 1.82. The summed E-state index contributed by atoms with van der Waals surface area (Å²) in [4.78, 5) is 10.4. The van der Waals surface area contributed by atoms with Gasteiger partial charge in [0.2, 0.25) is 6.10 Å². The third-order valence-electron chi connectivity index (χ3n) is 0.885. The van der Waals surface area contributed by atoms with Gasteiger partial charge in [-0.15, -0.1) is 0 Å². The standard InChI is InChI=1S/C6H9F3O3/c1-3(2)12-5(11)4(10)6(7,8)9/h3-4,10H,1-2H3/t4-/m1/s1. The van der Waals surface area contributed by atoms with E-state index in [0.717, 1.165) is 0 Å². The molecule has 1 atom stereocenters. The smallest absolute Gasteiger partial charge is 0.425 e. The SMILES string of the molecule is CC(C)OC(=O)[C@@H](O)C(F)(F)F. The highest BCUT2D eigenvalue weighted by atomic mass is 19.4. The molecule has 0 bridgehead atoms. The Morgan fingerprint density at radius 3 is 2.08 bits per heavy atom. The van der Waals surface area contributed by atoms with Gasteiger partial charge in [0, 0.05) is 0 Å². The molecule has 3 nitrogen and oxygen atoms in total. The van der Waals surface area contributed by atoms with E-state index >= 15 is 0 Å². The number of halogens is 3. The lowest BCUT2D eigenvalue weighted by Gasteiger charge is -2.14. The minimum atomic E-state index is -4.95. The fraction of sp³-hybridized carbons (Fsp3) is 0.833. The monoisotopic (exact) mass is 186 g/mol. The number of alkyl halides is 3. The molecule has 0 aliphatic carbocycles. The number of hydrogen-bond acceptors (Lipinski definition) is 3. The summed E-state index contributed by atoms with van der Waals surface area (Å²) in [7, 11) is 0. The van der Waals surface area contributed by atoms with Crippen molar-refractivity contribution in [2.24, 2.45) is 0 Å². The highest BCUT2D eigenvalue weighted by Crippen LogP contribution is 2.21. The fourth-order valence-corrected chi connectivity index (χ4v) is 0.430. The van der Waals surface area contributed by atoms with Crippen molar-refractivity contribution in [3.8, 4) is 0 Å². The van der Waals surface area contributed by atoms with Gasteiger partial charge in [0.25, 0.3) is 0 Å². The number of esters is 1. The Morgan fingerprint density at radius 1 is 1.42 bits per heavy atom. The predicted molar refractivity (Wildman–Crippen MR) is 33.3 cm³/mol. The number of carbonyl (C=O) groups is 1. The van der Waals surface area contributed by atoms with E-state index in [1.54, 1.807) is 0 Å². The van der Waals surface area contributed by atoms with E-state index in [2.05, 4.69) is 4.74 Å². The van der Waals surface area contributed by atoms with E-state index in [1.165, 1.54) is 13.8 Å². The van der Waals surface area contributed by atoms with Gasteiger partial charge < -0.3 is 9.84 Å². The van der Waals surface area contributed by atoms with Crippen LogP contribution in [-0.4, -0.2) is 29.5 Å². The second-order valence-electron chi connectivity index (χ2n) is 2.43. The highest BCUT2D eigenvalue weighted by molar-refractivity contribution is 5.75. The lowest BCUT2D eigenvalue weighted by atomic mass is 10.3. The Bertz CT molecular complexity index is 164. The van der Waals surface area contributed by atoms with Gasteiger partial charge in [-0.05, 0) is 13.8 Å². The van der Waals surface area contributed by atoms with Crippen LogP contribution in [-0.2, 0) is 9.53 Å². The maximum Gasteiger partial charge on any atom is 0.425 e. The molecule has 0 spiro atoms. The molecule has 0 aliphatic rings. The van der Waals surface area contributed by atoms with Gasteiger partial charge >= 0.3 is 12.1 Å². The summed E-state index contributed by atoms with van der Waals surface area (Å²) in [5, 5.41) is 8.30. The van der Waals surface area contributed by atoms with Crippen molar-refractivity contribution in [2.45, 2.75) is 32.2 Å². The summed E-state index contributed by atoms with van der Waals surface area (Å²) in [6.07, 6.45) is -8.67. The van der Waals surface area contributed by atoms with E-state index < -0.39 is 24.4 Å². The Morgan fingerprint density at radius 2 is 1.83 bits per heavy atom. The van der Waals surface area contributed by atoms with Gasteiger partial charge in [-0.3, -0.25) is 0 Å². The van der Waals surface area contributed by atoms with Gasteiger partial charge in [-0.25, -0.2) is 4.79 Å². The molecular weight excluding hydrogens is 177 g/mol. The van der Waals surface area contributed by atoms with Crippen molar-refractivity contribution >= 4 is 5.97 Å². The van der Waals surface area contributed by atoms with Crippen LogP contribution in [0, 0.1) is 0 Å². The van der Waals surface area contributed by atoms with E-state index in [4.69, 9.17) is 5.11 Å². The van der Waals surface area contributed by atoms with E-state index in [-0.39, 0.29) is 0 Å². The molecule has 0 unspecified atom stereocenters. The van der Waals surface area contributed by atoms with Crippen molar-refractivity contribution in [1.29, 1.82) is 0 Å². The number of carbonyl (C=O) groups excluding carboxylic acids is 1. The topological polar surface area (TPSA) is 46.5 Å². The summed E-state index contributed by atoms with van der Waals surface area (Å²) in [6, 6.07) is 0. The molecule has 0 saturated heterocycles. The molecule has 6 heteroatoms. The maximum atomic E-state index is 11.6. The van der Waals surface area contributed by atoms with E-state index in [9.17, 15) is 18.0 Å². The van der Waals surface area contributed by atoms with Crippen LogP contribution in [0.4, 0.5) is 13.2 Å². The largest absolute Gasteiger partial charge is 0.461 e. The van der Waals surface area contributed by atoms with Crippen LogP contribution in [0.5, 0.6) is 0 Å². The molecule has 0 rings (SSSR count). The Kier molecular flexibility index (Phi) is 3.51. The molecule has 0 amide bonds. The van der Waals surface area contributed by atoms with Crippen LogP contribution < -0.4 is 0 Å². The van der Waals surface area contributed by atoms with Crippen LogP contribution in [0.15, 0.2) is 0 Å². The molecule has 0 aromatic heterocycles. The van der Waals surface area contributed by atoms with Crippen LogP contribution in [0.1, 0.15) is 13.8 Å². The number of rotatable bonds is 2. The second-order valence-corrected chi connectivity index (χ2v) is 2.43. The number of ether oxygens (including phenoxy) is 1. The first-order valence-corrected chi connectivity index (χ1v) is 3.20. The zero-order chi connectivity index (χ0) is 9.94. The van der Waals surface area contributed by atoms with E-state index in [1.807, 2.05) is 0 Å². The number of hydrogen-bond donors (Lipinski definition) is 1. The fourth-order valence-electron chi connectivity index (χ4n) is 0.430.